The Morgan fingerprint density at radius 1 is 1.13 bits per heavy atom. The van der Waals surface area contributed by atoms with Gasteiger partial charge < -0.3 is 14.8 Å². The molecule has 4 rings (SSSR count). The maximum absolute atomic E-state index is 12.3. The van der Waals surface area contributed by atoms with Crippen LogP contribution in [0.25, 0.3) is 5.65 Å². The Labute approximate surface area is 182 Å². The summed E-state index contributed by atoms with van der Waals surface area (Å²) < 4.78 is 13.8. The number of hydrogen-bond donors (Lipinski definition) is 1. The second kappa shape index (κ2) is 8.21. The molecule has 1 aliphatic rings. The minimum Gasteiger partial charge on any atom is -0.486 e. The third-order valence-electron chi connectivity index (χ3n) is 5.33. The molecule has 0 aliphatic heterocycles. The van der Waals surface area contributed by atoms with E-state index in [1.807, 2.05) is 61.7 Å². The van der Waals surface area contributed by atoms with Gasteiger partial charge in [0.1, 0.15) is 23.3 Å². The number of carbonyl (C=O) groups excluding carboxylic acids is 1. The van der Waals surface area contributed by atoms with Crippen LogP contribution in [0.5, 0.6) is 5.75 Å². The van der Waals surface area contributed by atoms with Crippen molar-refractivity contribution < 1.29 is 14.3 Å². The van der Waals surface area contributed by atoms with Crippen LogP contribution < -0.4 is 10.1 Å². The Hall–Kier alpha value is -3.09. The Balaban J connectivity index is 1.53. The number of nitrogens with zero attached hydrogens (tertiary/aromatic N) is 3. The largest absolute Gasteiger partial charge is 0.486 e. The minimum atomic E-state index is -0.528. The van der Waals surface area contributed by atoms with Crippen molar-refractivity contribution in [1.29, 1.82) is 0 Å². The zero-order chi connectivity index (χ0) is 22.2. The fraction of sp³-hybridized carbons (Fsp3) is 0.458. The molecule has 1 N–H and O–H groups in total. The van der Waals surface area contributed by atoms with Gasteiger partial charge in [0.25, 0.3) is 0 Å². The molecule has 0 spiro atoms. The molecule has 7 nitrogen and oxygen atoms in total. The molecule has 2 aromatic heterocycles. The van der Waals surface area contributed by atoms with Gasteiger partial charge >= 0.3 is 6.09 Å². The molecule has 2 unspecified atom stereocenters. The van der Waals surface area contributed by atoms with Crippen LogP contribution in [0, 0.1) is 0 Å². The first-order valence-corrected chi connectivity index (χ1v) is 10.8. The maximum Gasteiger partial charge on any atom is 0.408 e. The zero-order valence-electron chi connectivity index (χ0n) is 18.8. The smallest absolute Gasteiger partial charge is 0.408 e. The van der Waals surface area contributed by atoms with E-state index in [0.717, 1.165) is 41.2 Å². The van der Waals surface area contributed by atoms with Crippen molar-refractivity contribution in [3.8, 4) is 5.75 Å². The summed E-state index contributed by atoms with van der Waals surface area (Å²) in [7, 11) is 0. The van der Waals surface area contributed by atoms with Crippen molar-refractivity contribution in [2.45, 2.75) is 71.1 Å². The predicted octanol–water partition coefficient (Wildman–Crippen LogP) is 5.33. The first-order valence-electron chi connectivity index (χ1n) is 10.8. The van der Waals surface area contributed by atoms with E-state index in [1.54, 1.807) is 0 Å². The molecule has 7 heteroatoms. The predicted molar refractivity (Wildman–Crippen MR) is 118 cm³/mol. The normalized spacial score (nSPS) is 18.6. The van der Waals surface area contributed by atoms with E-state index >= 15 is 0 Å². The van der Waals surface area contributed by atoms with Crippen LogP contribution in [-0.2, 0) is 4.74 Å². The minimum absolute atomic E-state index is 0.0946. The first kappa shape index (κ1) is 21.2. The van der Waals surface area contributed by atoms with Crippen molar-refractivity contribution in [2.24, 2.45) is 0 Å². The molecular weight excluding hydrogens is 392 g/mol. The molecule has 164 valence electrons. The summed E-state index contributed by atoms with van der Waals surface area (Å²) >= 11 is 0. The first-order chi connectivity index (χ1) is 14.7. The summed E-state index contributed by atoms with van der Waals surface area (Å²) in [6.07, 6.45) is 3.02. The molecule has 0 bridgehead atoms. The molecule has 3 aromatic rings. The van der Waals surface area contributed by atoms with E-state index in [9.17, 15) is 4.79 Å². The Morgan fingerprint density at radius 3 is 2.58 bits per heavy atom. The van der Waals surface area contributed by atoms with Crippen LogP contribution in [-0.4, -0.2) is 26.3 Å². The van der Waals surface area contributed by atoms with Crippen molar-refractivity contribution >= 4 is 11.7 Å². The zero-order valence-corrected chi connectivity index (χ0v) is 18.8. The van der Waals surface area contributed by atoms with Gasteiger partial charge in [-0.15, -0.1) is 10.2 Å². The Kier molecular flexibility index (Phi) is 5.60. The molecule has 1 aliphatic carbocycles. The third-order valence-corrected chi connectivity index (χ3v) is 5.33. The second-order valence-corrected chi connectivity index (χ2v) is 9.32. The van der Waals surface area contributed by atoms with Gasteiger partial charge in [-0.05, 0) is 50.8 Å². The van der Waals surface area contributed by atoms with Gasteiger partial charge in [0.15, 0.2) is 5.65 Å². The molecule has 0 radical (unpaired) electrons. The van der Waals surface area contributed by atoms with E-state index in [4.69, 9.17) is 9.47 Å². The number of pyridine rings is 1. The fourth-order valence-corrected chi connectivity index (χ4v) is 3.99. The van der Waals surface area contributed by atoms with Crippen molar-refractivity contribution in [1.82, 2.24) is 19.9 Å². The number of hydrogen-bond acceptors (Lipinski definition) is 5. The molecule has 0 fully saturated rings. The number of benzene rings is 1. The van der Waals surface area contributed by atoms with Gasteiger partial charge in [-0.3, -0.25) is 4.40 Å². The molecule has 2 atom stereocenters. The number of amides is 1. The number of ether oxygens (including phenoxy) is 2. The summed E-state index contributed by atoms with van der Waals surface area (Å²) in [5, 5.41) is 11.6. The highest BCUT2D eigenvalue weighted by Crippen LogP contribution is 2.39. The van der Waals surface area contributed by atoms with E-state index in [0.29, 0.717) is 5.92 Å². The number of carbonyl (C=O) groups is 1. The number of aromatic nitrogens is 3. The monoisotopic (exact) mass is 422 g/mol. The maximum atomic E-state index is 12.3. The quantitative estimate of drug-likeness (QED) is 0.615. The van der Waals surface area contributed by atoms with Crippen LogP contribution in [0.4, 0.5) is 4.79 Å². The van der Waals surface area contributed by atoms with Gasteiger partial charge in [-0.1, -0.05) is 38.1 Å². The summed E-state index contributed by atoms with van der Waals surface area (Å²) in [4.78, 5) is 12.3. The van der Waals surface area contributed by atoms with Crippen LogP contribution in [0.1, 0.15) is 82.5 Å². The summed E-state index contributed by atoms with van der Waals surface area (Å²) in [5.74, 6) is 1.98. The van der Waals surface area contributed by atoms with Crippen LogP contribution in [0.15, 0.2) is 42.6 Å². The van der Waals surface area contributed by atoms with Gasteiger partial charge in [0, 0.05) is 18.2 Å². The molecule has 2 heterocycles. The van der Waals surface area contributed by atoms with Crippen molar-refractivity contribution in [3.63, 3.8) is 0 Å². The highest BCUT2D eigenvalue weighted by molar-refractivity contribution is 5.68. The molecule has 31 heavy (non-hydrogen) atoms. The average molecular weight is 423 g/mol. The average Bonchev–Trinajstić information content (AvgIpc) is 3.12. The van der Waals surface area contributed by atoms with Crippen LogP contribution in [0.2, 0.25) is 0 Å². The Morgan fingerprint density at radius 2 is 1.87 bits per heavy atom. The standard InChI is InChI=1S/C24H30N4O3/c1-15(2)22-27-26-21-14-16(12-13-28(21)22)30-20-11-10-19(17-8-6-7-9-18(17)20)25-23(29)31-24(3,4)5/h6-9,12-15,19-20H,10-11H2,1-5H3,(H,25,29). The van der Waals surface area contributed by atoms with Crippen LogP contribution in [0.3, 0.4) is 0 Å². The number of alkyl carbamates (subject to hydrolysis) is 1. The second-order valence-electron chi connectivity index (χ2n) is 9.32. The van der Waals surface area contributed by atoms with Crippen molar-refractivity contribution in [2.75, 3.05) is 0 Å². The fourth-order valence-electron chi connectivity index (χ4n) is 3.99. The third kappa shape index (κ3) is 4.65. The summed E-state index contributed by atoms with van der Waals surface area (Å²) in [6, 6.07) is 11.9. The highest BCUT2D eigenvalue weighted by atomic mass is 16.6. The van der Waals surface area contributed by atoms with E-state index < -0.39 is 11.7 Å². The van der Waals surface area contributed by atoms with Gasteiger partial charge in [-0.2, -0.15) is 0 Å². The highest BCUT2D eigenvalue weighted by Gasteiger charge is 2.30. The van der Waals surface area contributed by atoms with E-state index in [2.05, 4.69) is 35.4 Å². The molecule has 1 aromatic carbocycles. The lowest BCUT2D eigenvalue weighted by Gasteiger charge is -2.32. The molecule has 0 saturated heterocycles. The molecule has 0 saturated carbocycles. The molecule has 1 amide bonds. The van der Waals surface area contributed by atoms with Crippen LogP contribution >= 0.6 is 0 Å². The van der Waals surface area contributed by atoms with Gasteiger partial charge in [-0.25, -0.2) is 4.79 Å². The lowest BCUT2D eigenvalue weighted by Crippen LogP contribution is -2.37. The number of rotatable bonds is 4. The SMILES string of the molecule is CC(C)c1nnc2cc(OC3CCC(NC(=O)OC(C)(C)C)c4ccccc43)ccn12. The summed E-state index contributed by atoms with van der Waals surface area (Å²) in [5.41, 5.74) is 2.39. The lowest BCUT2D eigenvalue weighted by molar-refractivity contribution is 0.0489. The van der Waals surface area contributed by atoms with Gasteiger partial charge in [0.05, 0.1) is 6.04 Å². The number of nitrogens with one attached hydrogen (secondary N) is 1. The van der Waals surface area contributed by atoms with E-state index in [1.165, 1.54) is 0 Å². The topological polar surface area (TPSA) is 77.8 Å². The van der Waals surface area contributed by atoms with E-state index in [-0.39, 0.29) is 12.1 Å². The number of fused-ring (bicyclic) bond motifs is 2. The van der Waals surface area contributed by atoms with Crippen molar-refractivity contribution in [3.05, 3.63) is 59.5 Å². The molecular formula is C24H30N4O3. The summed E-state index contributed by atoms with van der Waals surface area (Å²) in [6.45, 7) is 9.79. The lowest BCUT2D eigenvalue weighted by atomic mass is 9.85. The van der Waals surface area contributed by atoms with Gasteiger partial charge in [0.2, 0.25) is 0 Å². The Bertz CT molecular complexity index is 1080.